The maximum Gasteiger partial charge on any atom is 0.272 e. The highest BCUT2D eigenvalue weighted by molar-refractivity contribution is 5.97. The predicted octanol–water partition coefficient (Wildman–Crippen LogP) is 0.663. The van der Waals surface area contributed by atoms with Crippen molar-refractivity contribution in [2.45, 2.75) is 26.3 Å². The van der Waals surface area contributed by atoms with Gasteiger partial charge in [0.15, 0.2) is 5.69 Å². The minimum atomic E-state index is -0.233. The van der Waals surface area contributed by atoms with Crippen molar-refractivity contribution in [2.75, 3.05) is 18.9 Å². The van der Waals surface area contributed by atoms with Gasteiger partial charge in [-0.2, -0.15) is 0 Å². The molecule has 0 spiro atoms. The Bertz CT molecular complexity index is 595. The third-order valence-corrected chi connectivity index (χ3v) is 2.91. The molecule has 0 aliphatic rings. The third-order valence-electron chi connectivity index (χ3n) is 2.91. The summed E-state index contributed by atoms with van der Waals surface area (Å²) in [6, 6.07) is 0. The van der Waals surface area contributed by atoms with Crippen molar-refractivity contribution < 1.29 is 4.79 Å². The summed E-state index contributed by atoms with van der Waals surface area (Å²) in [5, 5.41) is 13.3. The number of hydrogen-bond acceptors (Lipinski definition) is 6. The van der Waals surface area contributed by atoms with Crippen LogP contribution in [0.1, 0.15) is 36.1 Å². The van der Waals surface area contributed by atoms with Gasteiger partial charge < -0.3 is 10.6 Å². The fourth-order valence-corrected chi connectivity index (χ4v) is 1.75. The van der Waals surface area contributed by atoms with Crippen LogP contribution in [-0.2, 0) is 6.54 Å². The maximum atomic E-state index is 12.2. The summed E-state index contributed by atoms with van der Waals surface area (Å²) in [4.78, 5) is 20.8. The standard InChI is InChI=1S/C13H19N7O/c1-9(2)12-16-8-10(14-3)11(18-12)13(21)15-4-6-20-7-5-17-19-20/h5,7-9,14H,4,6H2,1-3H3,(H,15,21). The molecule has 0 aliphatic carbocycles. The van der Waals surface area contributed by atoms with E-state index in [1.54, 1.807) is 30.3 Å². The molecular formula is C13H19N7O. The van der Waals surface area contributed by atoms with Gasteiger partial charge in [-0.15, -0.1) is 5.10 Å². The molecule has 0 atom stereocenters. The van der Waals surface area contributed by atoms with Crippen molar-refractivity contribution in [3.8, 4) is 0 Å². The molecule has 0 bridgehead atoms. The molecule has 112 valence electrons. The third kappa shape index (κ3) is 3.74. The van der Waals surface area contributed by atoms with Crippen LogP contribution in [0, 0.1) is 0 Å². The molecule has 0 unspecified atom stereocenters. The Morgan fingerprint density at radius 2 is 2.24 bits per heavy atom. The molecule has 0 aliphatic heterocycles. The van der Waals surface area contributed by atoms with E-state index in [4.69, 9.17) is 0 Å². The van der Waals surface area contributed by atoms with E-state index in [-0.39, 0.29) is 11.8 Å². The molecule has 2 rings (SSSR count). The van der Waals surface area contributed by atoms with Gasteiger partial charge in [0.05, 0.1) is 24.6 Å². The van der Waals surface area contributed by atoms with Crippen molar-refractivity contribution >= 4 is 11.6 Å². The minimum Gasteiger partial charge on any atom is -0.385 e. The monoisotopic (exact) mass is 289 g/mol. The first-order valence-electron chi connectivity index (χ1n) is 6.78. The van der Waals surface area contributed by atoms with E-state index in [1.165, 1.54) is 0 Å². The fraction of sp³-hybridized carbons (Fsp3) is 0.462. The number of nitrogens with zero attached hydrogens (tertiary/aromatic N) is 5. The second-order valence-corrected chi connectivity index (χ2v) is 4.82. The number of amides is 1. The van der Waals surface area contributed by atoms with Crippen molar-refractivity contribution in [3.63, 3.8) is 0 Å². The lowest BCUT2D eigenvalue weighted by atomic mass is 10.2. The maximum absolute atomic E-state index is 12.2. The molecule has 0 radical (unpaired) electrons. The van der Waals surface area contributed by atoms with Crippen LogP contribution < -0.4 is 10.6 Å². The molecular weight excluding hydrogens is 270 g/mol. The number of aromatic nitrogens is 5. The van der Waals surface area contributed by atoms with Crippen LogP contribution in [0.25, 0.3) is 0 Å². The Morgan fingerprint density at radius 1 is 1.43 bits per heavy atom. The van der Waals surface area contributed by atoms with Gasteiger partial charge in [-0.05, 0) is 0 Å². The smallest absolute Gasteiger partial charge is 0.272 e. The molecule has 2 N–H and O–H groups in total. The van der Waals surface area contributed by atoms with Crippen molar-refractivity contribution in [1.29, 1.82) is 0 Å². The predicted molar refractivity (Wildman–Crippen MR) is 78.0 cm³/mol. The lowest BCUT2D eigenvalue weighted by molar-refractivity contribution is 0.0947. The van der Waals surface area contributed by atoms with Crippen LogP contribution >= 0.6 is 0 Å². The quantitative estimate of drug-likeness (QED) is 0.811. The number of rotatable bonds is 6. The zero-order valence-corrected chi connectivity index (χ0v) is 12.4. The van der Waals surface area contributed by atoms with Crippen molar-refractivity contribution in [1.82, 2.24) is 30.3 Å². The van der Waals surface area contributed by atoms with Gasteiger partial charge in [-0.25, -0.2) is 9.97 Å². The second kappa shape index (κ2) is 6.78. The molecule has 2 aromatic rings. The van der Waals surface area contributed by atoms with E-state index in [1.807, 2.05) is 13.8 Å². The molecule has 21 heavy (non-hydrogen) atoms. The number of carbonyl (C=O) groups excluding carboxylic acids is 1. The van der Waals surface area contributed by atoms with E-state index in [9.17, 15) is 4.79 Å². The van der Waals surface area contributed by atoms with Crippen LogP contribution in [0.2, 0.25) is 0 Å². The number of nitrogens with one attached hydrogen (secondary N) is 2. The Labute approximate surface area is 123 Å². The Hall–Kier alpha value is -2.51. The van der Waals surface area contributed by atoms with Gasteiger partial charge in [0, 0.05) is 25.7 Å². The normalized spacial score (nSPS) is 10.7. The lowest BCUT2D eigenvalue weighted by Crippen LogP contribution is -2.29. The van der Waals surface area contributed by atoms with Crippen LogP contribution in [-0.4, -0.2) is 44.5 Å². The summed E-state index contributed by atoms with van der Waals surface area (Å²) in [7, 11) is 1.74. The van der Waals surface area contributed by atoms with Crippen LogP contribution in [0.15, 0.2) is 18.6 Å². The molecule has 0 fully saturated rings. The SMILES string of the molecule is CNc1cnc(C(C)C)nc1C(=O)NCCn1ccnn1. The average molecular weight is 289 g/mol. The Morgan fingerprint density at radius 3 is 2.86 bits per heavy atom. The molecule has 2 heterocycles. The highest BCUT2D eigenvalue weighted by atomic mass is 16.1. The Kier molecular flexibility index (Phi) is 4.81. The first kappa shape index (κ1) is 14.9. The minimum absolute atomic E-state index is 0.164. The van der Waals surface area contributed by atoms with Gasteiger partial charge in [-0.1, -0.05) is 19.1 Å². The number of hydrogen-bond donors (Lipinski definition) is 2. The van der Waals surface area contributed by atoms with E-state index in [0.29, 0.717) is 30.3 Å². The summed E-state index contributed by atoms with van der Waals surface area (Å²) in [6.07, 6.45) is 4.97. The van der Waals surface area contributed by atoms with Gasteiger partial charge in [-0.3, -0.25) is 9.48 Å². The second-order valence-electron chi connectivity index (χ2n) is 4.82. The van der Waals surface area contributed by atoms with E-state index in [0.717, 1.165) is 0 Å². The molecule has 0 saturated heterocycles. The summed E-state index contributed by atoms with van der Waals surface area (Å²) < 4.78 is 1.65. The van der Waals surface area contributed by atoms with Gasteiger partial charge >= 0.3 is 0 Å². The lowest BCUT2D eigenvalue weighted by Gasteiger charge is -2.11. The van der Waals surface area contributed by atoms with Crippen molar-refractivity contribution in [3.05, 3.63) is 30.1 Å². The topological polar surface area (TPSA) is 97.6 Å². The van der Waals surface area contributed by atoms with Gasteiger partial charge in [0.1, 0.15) is 5.82 Å². The van der Waals surface area contributed by atoms with Crippen LogP contribution in [0.5, 0.6) is 0 Å². The average Bonchev–Trinajstić information content (AvgIpc) is 2.99. The summed E-state index contributed by atoms with van der Waals surface area (Å²) in [5.74, 6) is 0.580. The molecule has 2 aromatic heterocycles. The van der Waals surface area contributed by atoms with E-state index >= 15 is 0 Å². The fourth-order valence-electron chi connectivity index (χ4n) is 1.75. The first-order valence-corrected chi connectivity index (χ1v) is 6.78. The molecule has 8 nitrogen and oxygen atoms in total. The van der Waals surface area contributed by atoms with Crippen LogP contribution in [0.4, 0.5) is 5.69 Å². The molecule has 8 heteroatoms. The summed E-state index contributed by atoms with van der Waals surface area (Å²) in [5.41, 5.74) is 0.965. The number of carbonyl (C=O) groups is 1. The van der Waals surface area contributed by atoms with E-state index in [2.05, 4.69) is 30.9 Å². The zero-order valence-electron chi connectivity index (χ0n) is 12.4. The molecule has 1 amide bonds. The number of anilines is 1. The molecule has 0 saturated carbocycles. The van der Waals surface area contributed by atoms with Gasteiger partial charge in [0.25, 0.3) is 5.91 Å². The van der Waals surface area contributed by atoms with E-state index < -0.39 is 0 Å². The summed E-state index contributed by atoms with van der Waals surface area (Å²) >= 11 is 0. The molecule has 0 aromatic carbocycles. The van der Waals surface area contributed by atoms with Crippen molar-refractivity contribution in [2.24, 2.45) is 0 Å². The Balaban J connectivity index is 2.04. The summed E-state index contributed by atoms with van der Waals surface area (Å²) in [6.45, 7) is 4.98. The first-order chi connectivity index (χ1) is 10.1. The van der Waals surface area contributed by atoms with Crippen LogP contribution in [0.3, 0.4) is 0 Å². The largest absolute Gasteiger partial charge is 0.385 e. The zero-order chi connectivity index (χ0) is 15.2. The highest BCUT2D eigenvalue weighted by Crippen LogP contribution is 2.15. The van der Waals surface area contributed by atoms with Gasteiger partial charge in [0.2, 0.25) is 0 Å². The highest BCUT2D eigenvalue weighted by Gasteiger charge is 2.15.